The third-order valence-corrected chi connectivity index (χ3v) is 29.2. The SMILES string of the molecule is CC1(C)c2cc(Br)ccc2-c2cc3c(cc21)C(C)(C)c1cc(Br)c2ccc4ccccc4c2c1-3.CC1(C)c2cc(N(c3ccccc3)c3cccc4c3oc3ccccc34)ccc2-c2cc3c(cc21)C(C)(C)c1cc(N(c2ccccc2)c2cccc4c2oc2ccccc24)c2ccc4ccccc4c2c1-3.c1ccc(Nc2cccc3c2oc2ccccc23)cc1. The molecular formula is C118H85Br2N3O3. The Morgan fingerprint density at radius 3 is 1.19 bits per heavy atom. The van der Waals surface area contributed by atoms with E-state index in [0.29, 0.717) is 0 Å². The molecule has 126 heavy (non-hydrogen) atoms. The van der Waals surface area contributed by atoms with Crippen LogP contribution in [0.1, 0.15) is 99.9 Å². The van der Waals surface area contributed by atoms with E-state index in [1.165, 1.54) is 137 Å². The molecule has 1 N–H and O–H groups in total. The maximum absolute atomic E-state index is 6.81. The number of fused-ring (bicyclic) bond motifs is 29. The van der Waals surface area contributed by atoms with Crippen LogP contribution >= 0.6 is 31.9 Å². The fourth-order valence-corrected chi connectivity index (χ4v) is 22.7. The van der Waals surface area contributed by atoms with E-state index >= 15 is 0 Å². The van der Waals surface area contributed by atoms with Crippen LogP contribution < -0.4 is 15.1 Å². The van der Waals surface area contributed by atoms with Gasteiger partial charge in [-0.2, -0.15) is 0 Å². The van der Waals surface area contributed by atoms with Gasteiger partial charge in [0.15, 0.2) is 16.7 Å². The van der Waals surface area contributed by atoms with Crippen LogP contribution in [0.25, 0.3) is 153 Å². The van der Waals surface area contributed by atoms with Gasteiger partial charge in [-0.15, -0.1) is 0 Å². The van der Waals surface area contributed by atoms with Crippen LogP contribution in [0.15, 0.2) is 386 Å². The fourth-order valence-electron chi connectivity index (χ4n) is 21.8. The van der Waals surface area contributed by atoms with Crippen molar-refractivity contribution >= 4 is 186 Å². The quantitative estimate of drug-likeness (QED) is 0.153. The highest BCUT2D eigenvalue weighted by molar-refractivity contribution is 9.11. The molecule has 26 rings (SSSR count). The number of furan rings is 3. The molecule has 0 aliphatic heterocycles. The van der Waals surface area contributed by atoms with E-state index in [9.17, 15) is 0 Å². The minimum absolute atomic E-state index is 0.0241. The Balaban J connectivity index is 0.000000134. The van der Waals surface area contributed by atoms with Crippen LogP contribution in [0.2, 0.25) is 0 Å². The van der Waals surface area contributed by atoms with E-state index in [1.807, 2.05) is 60.7 Å². The molecule has 604 valence electrons. The van der Waals surface area contributed by atoms with Crippen molar-refractivity contribution < 1.29 is 13.3 Å². The summed E-state index contributed by atoms with van der Waals surface area (Å²) in [6, 6.07) is 131. The number of para-hydroxylation sites is 9. The number of hydrogen-bond donors (Lipinski definition) is 1. The average molecular weight is 1750 g/mol. The van der Waals surface area contributed by atoms with Crippen LogP contribution in [0.3, 0.4) is 0 Å². The summed E-state index contributed by atoms with van der Waals surface area (Å²) in [5, 5.41) is 20.4. The number of hydrogen-bond acceptors (Lipinski definition) is 6. The zero-order valence-electron chi connectivity index (χ0n) is 71.0. The van der Waals surface area contributed by atoms with Gasteiger partial charge in [0.05, 0.1) is 22.7 Å². The molecule has 0 amide bonds. The first-order valence-electron chi connectivity index (χ1n) is 43.6. The molecular weight excluding hydrogens is 1670 g/mol. The maximum Gasteiger partial charge on any atom is 0.159 e. The Kier molecular flexibility index (Phi) is 17.0. The van der Waals surface area contributed by atoms with Gasteiger partial charge in [-0.05, 0) is 248 Å². The molecule has 19 aromatic carbocycles. The normalized spacial score (nSPS) is 14.2. The van der Waals surface area contributed by atoms with E-state index < -0.39 is 0 Å². The maximum atomic E-state index is 6.81. The summed E-state index contributed by atoms with van der Waals surface area (Å²) in [5.41, 5.74) is 34.9. The number of rotatable bonds is 8. The zero-order valence-corrected chi connectivity index (χ0v) is 74.2. The van der Waals surface area contributed by atoms with Crippen molar-refractivity contribution in [3.63, 3.8) is 0 Å². The summed E-state index contributed by atoms with van der Waals surface area (Å²) in [6.07, 6.45) is 0. The number of nitrogens with one attached hydrogen (secondary N) is 1. The van der Waals surface area contributed by atoms with Gasteiger partial charge < -0.3 is 28.4 Å². The van der Waals surface area contributed by atoms with Crippen molar-refractivity contribution in [2.24, 2.45) is 0 Å². The molecule has 3 aromatic heterocycles. The van der Waals surface area contributed by atoms with Crippen molar-refractivity contribution in [1.29, 1.82) is 0 Å². The highest BCUT2D eigenvalue weighted by atomic mass is 79.9. The number of halogens is 2. The molecule has 4 aliphatic rings. The number of nitrogens with zero attached hydrogens (tertiary/aromatic N) is 2. The molecule has 0 unspecified atom stereocenters. The third-order valence-electron chi connectivity index (χ3n) is 28.0. The van der Waals surface area contributed by atoms with Gasteiger partial charge >= 0.3 is 0 Å². The zero-order chi connectivity index (χ0) is 85.0. The van der Waals surface area contributed by atoms with Crippen molar-refractivity contribution in [3.8, 4) is 44.5 Å². The molecule has 0 radical (unpaired) electrons. The summed E-state index contributed by atoms with van der Waals surface area (Å²) in [6.45, 7) is 19.2. The minimum Gasteiger partial charge on any atom is -0.454 e. The van der Waals surface area contributed by atoms with Gasteiger partial charge in [0, 0.05) is 91.1 Å². The standard InChI is InChI=1S/C68H48N2O2.C32H24Br2.C18H13NO/c1-67(2)54-37-44(69(42-20-7-5-8-21-42)58-29-17-27-49-47-25-13-15-31-61(47)71-65(49)58)34-36-46(54)52-38-53-56(39-55(52)67)68(3,4)57-40-60(51-35-33-41-19-11-12-24-45(41)63(51)64(53)57)70(43-22-9-6-10-23-43)59-30-18-28-50-48-26-14-16-32-62(48)72-66(50)59;1-31(2)24-13-18(33)10-12-20(24)22-14-23-26(15-25(22)31)32(3,4)27-16-28(34)21-11-9-17-7-5-6-8-19(17)29(21)30(23)27;1-2-7-13(8-3-1)19-16-11-6-10-15-14-9-4-5-12-17(14)20-18(15)16/h5-40H,1-4H3;5-16H,1-4H3;1-12,19H. The minimum atomic E-state index is -0.335. The lowest BCUT2D eigenvalue weighted by molar-refractivity contribution is 0.639. The number of anilines is 8. The Hall–Kier alpha value is -14.0. The topological polar surface area (TPSA) is 57.9 Å². The lowest BCUT2D eigenvalue weighted by Crippen LogP contribution is -2.20. The highest BCUT2D eigenvalue weighted by Gasteiger charge is 2.46. The Bertz CT molecular complexity index is 8360. The van der Waals surface area contributed by atoms with Gasteiger partial charge in [-0.3, -0.25) is 0 Å². The first-order valence-corrected chi connectivity index (χ1v) is 45.1. The molecule has 22 aromatic rings. The lowest BCUT2D eigenvalue weighted by atomic mass is 9.77. The van der Waals surface area contributed by atoms with Crippen LogP contribution in [0.4, 0.5) is 45.5 Å². The molecule has 0 fully saturated rings. The van der Waals surface area contributed by atoms with E-state index in [-0.39, 0.29) is 21.7 Å². The average Bonchev–Trinajstić information content (AvgIpc) is 1.51. The summed E-state index contributed by atoms with van der Waals surface area (Å²) in [4.78, 5) is 4.80. The van der Waals surface area contributed by atoms with E-state index in [4.69, 9.17) is 13.3 Å². The van der Waals surface area contributed by atoms with Crippen LogP contribution in [-0.4, -0.2) is 0 Å². The molecule has 0 saturated carbocycles. The Morgan fingerprint density at radius 1 is 0.246 bits per heavy atom. The molecule has 3 heterocycles. The highest BCUT2D eigenvalue weighted by Crippen LogP contribution is 2.63. The second-order valence-corrected chi connectivity index (χ2v) is 38.2. The molecule has 0 saturated heterocycles. The number of benzene rings is 19. The van der Waals surface area contributed by atoms with Crippen LogP contribution in [0, 0.1) is 0 Å². The van der Waals surface area contributed by atoms with Crippen molar-refractivity contribution in [2.45, 2.75) is 77.0 Å². The summed E-state index contributed by atoms with van der Waals surface area (Å²) < 4.78 is 21.8. The predicted octanol–water partition coefficient (Wildman–Crippen LogP) is 34.8. The van der Waals surface area contributed by atoms with Gasteiger partial charge in [0.25, 0.3) is 0 Å². The van der Waals surface area contributed by atoms with Gasteiger partial charge in [-0.1, -0.05) is 330 Å². The monoisotopic (exact) mass is 1750 g/mol. The smallest absolute Gasteiger partial charge is 0.159 e. The van der Waals surface area contributed by atoms with E-state index in [1.54, 1.807) is 0 Å². The second-order valence-electron chi connectivity index (χ2n) is 36.4. The van der Waals surface area contributed by atoms with Crippen molar-refractivity contribution in [2.75, 3.05) is 15.1 Å². The van der Waals surface area contributed by atoms with E-state index in [2.05, 4.69) is 406 Å². The summed E-state index contributed by atoms with van der Waals surface area (Å²) >= 11 is 7.64. The molecule has 6 nitrogen and oxygen atoms in total. The lowest BCUT2D eigenvalue weighted by Gasteiger charge is -2.30. The third kappa shape index (κ3) is 11.4. The first-order chi connectivity index (χ1) is 61.3. The largest absolute Gasteiger partial charge is 0.454 e. The second kappa shape index (κ2) is 28.3. The van der Waals surface area contributed by atoms with Crippen LogP contribution in [-0.2, 0) is 21.7 Å². The van der Waals surface area contributed by atoms with Crippen LogP contribution in [0.5, 0.6) is 0 Å². The molecule has 4 aliphatic carbocycles. The predicted molar refractivity (Wildman–Crippen MR) is 536 cm³/mol. The van der Waals surface area contributed by atoms with Gasteiger partial charge in [0.1, 0.15) is 16.7 Å². The van der Waals surface area contributed by atoms with Crippen molar-refractivity contribution in [3.05, 3.63) is 417 Å². The molecule has 0 bridgehead atoms. The summed E-state index contributed by atoms with van der Waals surface area (Å²) in [7, 11) is 0. The van der Waals surface area contributed by atoms with Crippen molar-refractivity contribution in [1.82, 2.24) is 0 Å². The summed E-state index contributed by atoms with van der Waals surface area (Å²) in [5.74, 6) is 0. The Labute approximate surface area is 747 Å². The fraction of sp³-hybridized carbons (Fsp3) is 0.102. The molecule has 0 spiro atoms. The Morgan fingerprint density at radius 2 is 0.643 bits per heavy atom. The van der Waals surface area contributed by atoms with Gasteiger partial charge in [-0.25, -0.2) is 0 Å². The molecule has 8 heteroatoms. The van der Waals surface area contributed by atoms with Gasteiger partial charge in [0.2, 0.25) is 0 Å². The molecule has 0 atom stereocenters. The van der Waals surface area contributed by atoms with E-state index in [0.717, 1.165) is 116 Å². The first kappa shape index (κ1) is 75.7.